The van der Waals surface area contributed by atoms with Gasteiger partial charge in [0.15, 0.2) is 0 Å². The fourth-order valence-electron chi connectivity index (χ4n) is 3.94. The van der Waals surface area contributed by atoms with Gasteiger partial charge in [0, 0.05) is 30.4 Å². The molecule has 4 rings (SSSR count). The smallest absolute Gasteiger partial charge is 0.336 e. The molecule has 3 aromatic rings. The molecule has 0 radical (unpaired) electrons. The van der Waals surface area contributed by atoms with E-state index in [2.05, 4.69) is 20.0 Å². The first kappa shape index (κ1) is 18.9. The Balaban J connectivity index is 1.64. The summed E-state index contributed by atoms with van der Waals surface area (Å²) in [5.74, 6) is -0.134. The van der Waals surface area contributed by atoms with Crippen molar-refractivity contribution in [3.63, 3.8) is 0 Å². The highest BCUT2D eigenvalue weighted by Gasteiger charge is 2.37. The van der Waals surface area contributed by atoms with Crippen LogP contribution in [0.2, 0.25) is 0 Å². The lowest BCUT2D eigenvalue weighted by molar-refractivity contribution is -0.136. The van der Waals surface area contributed by atoms with Crippen LogP contribution in [0.4, 0.5) is 13.2 Å². The second-order valence-corrected chi connectivity index (χ2v) is 7.40. The van der Waals surface area contributed by atoms with Crippen molar-refractivity contribution in [3.8, 4) is 0 Å². The van der Waals surface area contributed by atoms with Gasteiger partial charge in [-0.15, -0.1) is 0 Å². The number of piperidine rings is 1. The summed E-state index contributed by atoms with van der Waals surface area (Å²) in [5.41, 5.74) is 1.77. The molecule has 0 aliphatic carbocycles. The number of rotatable bonds is 3. The molecular formula is C20H21F3N4O. The van der Waals surface area contributed by atoms with Gasteiger partial charge < -0.3 is 4.52 Å². The summed E-state index contributed by atoms with van der Waals surface area (Å²) >= 11 is 0. The van der Waals surface area contributed by atoms with Crippen LogP contribution in [0.25, 0.3) is 11.1 Å². The molecular weight excluding hydrogens is 369 g/mol. The first-order valence-corrected chi connectivity index (χ1v) is 9.30. The molecule has 148 valence electrons. The number of aromatic nitrogens is 3. The Morgan fingerprint density at radius 1 is 1.18 bits per heavy atom. The lowest BCUT2D eigenvalue weighted by Crippen LogP contribution is -2.34. The Morgan fingerprint density at radius 2 is 2.00 bits per heavy atom. The highest BCUT2D eigenvalue weighted by molar-refractivity contribution is 5.81. The number of hydrogen-bond acceptors (Lipinski definition) is 5. The van der Waals surface area contributed by atoms with Crippen molar-refractivity contribution < 1.29 is 17.7 Å². The summed E-state index contributed by atoms with van der Waals surface area (Å²) in [5, 5.41) is 4.01. The van der Waals surface area contributed by atoms with Crippen LogP contribution in [-0.4, -0.2) is 33.1 Å². The standard InChI is InChI=1S/C20H21F3N4O/c1-12-5-3-7-15(24-12)11-27-8-4-6-14(10-27)18-17-16(20(21,22)23)9-13(2)25-19(17)28-26-18/h3,5,7,9,14H,4,6,8,10-11H2,1-2H3/t14-/m0/s1. The van der Waals surface area contributed by atoms with Gasteiger partial charge in [0.2, 0.25) is 0 Å². The fourth-order valence-corrected chi connectivity index (χ4v) is 3.94. The molecule has 0 bridgehead atoms. The van der Waals surface area contributed by atoms with Crippen LogP contribution in [0.5, 0.6) is 0 Å². The van der Waals surface area contributed by atoms with E-state index in [-0.39, 0.29) is 22.7 Å². The predicted molar refractivity (Wildman–Crippen MR) is 97.8 cm³/mol. The third kappa shape index (κ3) is 3.73. The number of aryl methyl sites for hydroxylation is 2. The predicted octanol–water partition coefficient (Wildman–Crippen LogP) is 4.63. The van der Waals surface area contributed by atoms with Crippen molar-refractivity contribution in [1.82, 2.24) is 20.0 Å². The number of alkyl halides is 3. The maximum absolute atomic E-state index is 13.6. The zero-order valence-electron chi connectivity index (χ0n) is 15.8. The van der Waals surface area contributed by atoms with Crippen LogP contribution in [0.3, 0.4) is 0 Å². The van der Waals surface area contributed by atoms with Crippen molar-refractivity contribution >= 4 is 11.1 Å². The Hall–Kier alpha value is -2.48. The van der Waals surface area contributed by atoms with E-state index >= 15 is 0 Å². The van der Waals surface area contributed by atoms with Crippen molar-refractivity contribution in [2.45, 2.75) is 45.3 Å². The molecule has 28 heavy (non-hydrogen) atoms. The van der Waals surface area contributed by atoms with Gasteiger partial charge in [0.25, 0.3) is 5.71 Å². The number of fused-ring (bicyclic) bond motifs is 1. The monoisotopic (exact) mass is 390 g/mol. The minimum Gasteiger partial charge on any atom is -0.336 e. The Bertz CT molecular complexity index is 999. The normalized spacial score (nSPS) is 18.7. The molecule has 0 aromatic carbocycles. The van der Waals surface area contributed by atoms with Crippen molar-refractivity contribution in [2.24, 2.45) is 0 Å². The second-order valence-electron chi connectivity index (χ2n) is 7.40. The number of nitrogens with zero attached hydrogens (tertiary/aromatic N) is 4. The Morgan fingerprint density at radius 3 is 2.75 bits per heavy atom. The fraction of sp³-hybridized carbons (Fsp3) is 0.450. The molecule has 1 aliphatic rings. The summed E-state index contributed by atoms with van der Waals surface area (Å²) in [4.78, 5) is 10.8. The second kappa shape index (κ2) is 7.16. The van der Waals surface area contributed by atoms with Gasteiger partial charge in [0.05, 0.1) is 22.3 Å². The molecule has 1 aliphatic heterocycles. The molecule has 0 N–H and O–H groups in total. The Kier molecular flexibility index (Phi) is 4.82. The number of halogens is 3. The molecule has 0 saturated carbocycles. The van der Waals surface area contributed by atoms with Gasteiger partial charge in [-0.25, -0.2) is 4.98 Å². The van der Waals surface area contributed by atoms with Gasteiger partial charge in [-0.1, -0.05) is 11.2 Å². The van der Waals surface area contributed by atoms with Crippen molar-refractivity contribution in [1.29, 1.82) is 0 Å². The average molecular weight is 390 g/mol. The first-order chi connectivity index (χ1) is 13.3. The third-order valence-corrected chi connectivity index (χ3v) is 5.13. The number of likely N-dealkylation sites (tertiary alicyclic amines) is 1. The topological polar surface area (TPSA) is 55.1 Å². The molecule has 5 nitrogen and oxygen atoms in total. The summed E-state index contributed by atoms with van der Waals surface area (Å²) in [7, 11) is 0. The molecule has 3 aromatic heterocycles. The lowest BCUT2D eigenvalue weighted by atomic mass is 9.91. The van der Waals surface area contributed by atoms with Gasteiger partial charge in [-0.05, 0) is 51.4 Å². The van der Waals surface area contributed by atoms with Crippen molar-refractivity contribution in [2.75, 3.05) is 13.1 Å². The molecule has 0 amide bonds. The molecule has 0 unspecified atom stereocenters. The zero-order valence-corrected chi connectivity index (χ0v) is 15.8. The van der Waals surface area contributed by atoms with Crippen LogP contribution in [0.1, 0.15) is 47.1 Å². The summed E-state index contributed by atoms with van der Waals surface area (Å²) < 4.78 is 46.0. The molecule has 8 heteroatoms. The highest BCUT2D eigenvalue weighted by Crippen LogP contribution is 2.40. The van der Waals surface area contributed by atoms with E-state index in [1.807, 2.05) is 25.1 Å². The van der Waals surface area contributed by atoms with E-state index in [0.717, 1.165) is 36.8 Å². The van der Waals surface area contributed by atoms with E-state index in [9.17, 15) is 13.2 Å². The maximum atomic E-state index is 13.6. The van der Waals surface area contributed by atoms with Gasteiger partial charge in [0.1, 0.15) is 0 Å². The van der Waals surface area contributed by atoms with Gasteiger partial charge >= 0.3 is 6.18 Å². The molecule has 0 spiro atoms. The molecule has 4 heterocycles. The number of pyridine rings is 2. The van der Waals surface area contributed by atoms with Crippen LogP contribution in [0, 0.1) is 13.8 Å². The maximum Gasteiger partial charge on any atom is 0.417 e. The average Bonchev–Trinajstić information content (AvgIpc) is 3.04. The highest BCUT2D eigenvalue weighted by atomic mass is 19.4. The van der Waals surface area contributed by atoms with Gasteiger partial charge in [-0.3, -0.25) is 9.88 Å². The van der Waals surface area contributed by atoms with Crippen LogP contribution in [0.15, 0.2) is 28.8 Å². The van der Waals surface area contributed by atoms with E-state index in [1.165, 1.54) is 6.92 Å². The third-order valence-electron chi connectivity index (χ3n) is 5.13. The van der Waals surface area contributed by atoms with Gasteiger partial charge in [-0.2, -0.15) is 13.2 Å². The molecule has 1 fully saturated rings. The summed E-state index contributed by atoms with van der Waals surface area (Å²) in [6.45, 7) is 5.62. The van der Waals surface area contributed by atoms with Crippen LogP contribution in [-0.2, 0) is 12.7 Å². The van der Waals surface area contributed by atoms with E-state index < -0.39 is 11.7 Å². The Labute approximate surface area is 160 Å². The largest absolute Gasteiger partial charge is 0.417 e. The lowest BCUT2D eigenvalue weighted by Gasteiger charge is -2.31. The van der Waals surface area contributed by atoms with Crippen molar-refractivity contribution in [3.05, 3.63) is 52.6 Å². The number of hydrogen-bond donors (Lipinski definition) is 0. The minimum atomic E-state index is -4.48. The molecule has 1 saturated heterocycles. The van der Waals surface area contributed by atoms with Crippen LogP contribution >= 0.6 is 0 Å². The summed E-state index contributed by atoms with van der Waals surface area (Å²) in [6.07, 6.45) is -2.83. The van der Waals surface area contributed by atoms with E-state index in [0.29, 0.717) is 18.8 Å². The minimum absolute atomic E-state index is 0.00127. The van der Waals surface area contributed by atoms with Crippen LogP contribution < -0.4 is 0 Å². The summed E-state index contributed by atoms with van der Waals surface area (Å²) in [6, 6.07) is 6.95. The molecule has 1 atom stereocenters. The quantitative estimate of drug-likeness (QED) is 0.653. The SMILES string of the molecule is Cc1cccc(CN2CCC[C@H](c3noc4nc(C)cc(C(F)(F)F)c34)C2)n1. The van der Waals surface area contributed by atoms with E-state index in [4.69, 9.17) is 4.52 Å². The van der Waals surface area contributed by atoms with E-state index in [1.54, 1.807) is 0 Å². The zero-order chi connectivity index (χ0) is 19.9. The first-order valence-electron chi connectivity index (χ1n) is 9.30.